The molecule has 4 amide bonds. The first-order valence-corrected chi connectivity index (χ1v) is 18.1. The third-order valence-electron chi connectivity index (χ3n) is 9.52. The van der Waals surface area contributed by atoms with Crippen molar-refractivity contribution in [1.82, 2.24) is 14.7 Å². The van der Waals surface area contributed by atoms with Crippen molar-refractivity contribution in [3.05, 3.63) is 70.8 Å². The number of carbonyl (C=O) groups is 4. The van der Waals surface area contributed by atoms with Gasteiger partial charge in [-0.15, -0.1) is 0 Å². The van der Waals surface area contributed by atoms with E-state index >= 15 is 0 Å². The second kappa shape index (κ2) is 18.3. The molecule has 0 radical (unpaired) electrons. The first-order chi connectivity index (χ1) is 22.7. The van der Waals surface area contributed by atoms with Crippen LogP contribution in [0.1, 0.15) is 131 Å². The highest BCUT2D eigenvalue weighted by Gasteiger charge is 2.35. The second-order valence-corrected chi connectivity index (χ2v) is 14.4. The van der Waals surface area contributed by atoms with Crippen LogP contribution >= 0.6 is 0 Å². The van der Waals surface area contributed by atoms with Gasteiger partial charge in [-0.05, 0) is 88.8 Å². The number of imide groups is 2. The van der Waals surface area contributed by atoms with Crippen molar-refractivity contribution in [2.45, 2.75) is 89.9 Å². The first kappa shape index (κ1) is 36.5. The molecule has 0 saturated carbocycles. The maximum atomic E-state index is 12.7. The fourth-order valence-electron chi connectivity index (χ4n) is 6.77. The maximum Gasteiger partial charge on any atom is 0.261 e. The van der Waals surface area contributed by atoms with Gasteiger partial charge in [0.15, 0.2) is 0 Å². The molecule has 0 fully saturated rings. The molecule has 2 aromatic carbocycles. The Labute approximate surface area is 282 Å². The average Bonchev–Trinajstić information content (AvgIpc) is 3.44. The lowest BCUT2D eigenvalue weighted by Crippen LogP contribution is -2.35. The average molecular weight is 646 g/mol. The van der Waals surface area contributed by atoms with Crippen molar-refractivity contribution >= 4 is 23.6 Å². The zero-order chi connectivity index (χ0) is 33.6. The lowest BCUT2D eigenvalue weighted by molar-refractivity contribution is -0.870. The van der Waals surface area contributed by atoms with E-state index in [4.69, 9.17) is 0 Å². The highest BCUT2D eigenvalue weighted by Crippen LogP contribution is 2.24. The van der Waals surface area contributed by atoms with Gasteiger partial charge in [-0.25, -0.2) is 0 Å². The third-order valence-corrected chi connectivity index (χ3v) is 9.52. The summed E-state index contributed by atoms with van der Waals surface area (Å²) < 4.78 is 1.06. The number of quaternary nitrogens is 1. The van der Waals surface area contributed by atoms with Crippen LogP contribution in [0.5, 0.6) is 0 Å². The minimum atomic E-state index is -0.185. The van der Waals surface area contributed by atoms with Crippen LogP contribution in [0, 0.1) is 0 Å². The second-order valence-electron chi connectivity index (χ2n) is 14.4. The lowest BCUT2D eigenvalue weighted by Gasteiger charge is -2.23. The van der Waals surface area contributed by atoms with E-state index in [2.05, 4.69) is 26.0 Å². The van der Waals surface area contributed by atoms with E-state index in [1.54, 1.807) is 48.5 Å². The predicted octanol–water partition coefficient (Wildman–Crippen LogP) is 7.05. The number of hydrogen-bond donors (Lipinski definition) is 0. The van der Waals surface area contributed by atoms with Gasteiger partial charge in [-0.2, -0.15) is 0 Å². The molecule has 256 valence electrons. The Morgan fingerprint density at radius 2 is 0.745 bits per heavy atom. The minimum Gasteiger partial charge on any atom is -0.331 e. The molecule has 8 nitrogen and oxygen atoms in total. The number of amides is 4. The van der Waals surface area contributed by atoms with Crippen molar-refractivity contribution in [2.75, 3.05) is 60.4 Å². The molecular weight excluding hydrogens is 588 g/mol. The summed E-state index contributed by atoms with van der Waals surface area (Å²) in [5, 5.41) is 0. The molecule has 0 aromatic heterocycles. The molecule has 0 N–H and O–H groups in total. The molecule has 47 heavy (non-hydrogen) atoms. The Hall–Kier alpha value is -3.36. The van der Waals surface area contributed by atoms with Crippen LogP contribution in [0.25, 0.3) is 0 Å². The molecule has 0 spiro atoms. The molecule has 2 aliphatic rings. The summed E-state index contributed by atoms with van der Waals surface area (Å²) in [6.07, 6.45) is 16.4. The molecule has 2 heterocycles. The Bertz CT molecular complexity index is 1200. The quantitative estimate of drug-likeness (QED) is 0.0736. The highest BCUT2D eigenvalue weighted by atomic mass is 16.2. The largest absolute Gasteiger partial charge is 0.331 e. The summed E-state index contributed by atoms with van der Waals surface area (Å²) in [4.78, 5) is 56.2. The molecule has 0 saturated heterocycles. The van der Waals surface area contributed by atoms with E-state index in [0.29, 0.717) is 35.3 Å². The fraction of sp³-hybridized carbons (Fsp3) is 0.590. The van der Waals surface area contributed by atoms with Crippen LogP contribution in [0.3, 0.4) is 0 Å². The van der Waals surface area contributed by atoms with Gasteiger partial charge < -0.3 is 9.38 Å². The highest BCUT2D eigenvalue weighted by molar-refractivity contribution is 6.22. The zero-order valence-electron chi connectivity index (χ0n) is 29.2. The smallest absolute Gasteiger partial charge is 0.261 e. The Morgan fingerprint density at radius 1 is 0.447 bits per heavy atom. The van der Waals surface area contributed by atoms with Crippen LogP contribution in [-0.4, -0.2) is 103 Å². The summed E-state index contributed by atoms with van der Waals surface area (Å²) in [7, 11) is 6.80. The monoisotopic (exact) mass is 645 g/mol. The van der Waals surface area contributed by atoms with Crippen LogP contribution in [0.15, 0.2) is 48.5 Å². The topological polar surface area (TPSA) is 78.0 Å². The van der Waals surface area contributed by atoms with E-state index in [1.807, 2.05) is 0 Å². The number of unbranched alkanes of at least 4 members (excludes halogenated alkanes) is 11. The summed E-state index contributed by atoms with van der Waals surface area (Å²) >= 11 is 0. The summed E-state index contributed by atoms with van der Waals surface area (Å²) in [5.74, 6) is -0.739. The normalized spacial score (nSPS) is 14.6. The van der Waals surface area contributed by atoms with Gasteiger partial charge in [0.25, 0.3) is 23.6 Å². The maximum absolute atomic E-state index is 12.7. The number of nitrogens with zero attached hydrogens (tertiary/aromatic N) is 4. The van der Waals surface area contributed by atoms with Crippen molar-refractivity contribution in [3.8, 4) is 0 Å². The molecule has 8 heteroatoms. The van der Waals surface area contributed by atoms with Crippen LogP contribution in [0.2, 0.25) is 0 Å². The SMILES string of the molecule is C[N+](C)(C)CCCCCCCCCCCCN(CCCCN1C(=O)c2ccccc2C1=O)CCCCN1C(=O)c2ccccc2C1=O. The van der Waals surface area contributed by atoms with Crippen molar-refractivity contribution in [2.24, 2.45) is 0 Å². The lowest BCUT2D eigenvalue weighted by atomic mass is 10.1. The van der Waals surface area contributed by atoms with Gasteiger partial charge in [-0.3, -0.25) is 29.0 Å². The van der Waals surface area contributed by atoms with Crippen molar-refractivity contribution in [3.63, 3.8) is 0 Å². The molecule has 4 rings (SSSR count). The first-order valence-electron chi connectivity index (χ1n) is 18.1. The van der Waals surface area contributed by atoms with Gasteiger partial charge in [0.05, 0.1) is 49.9 Å². The van der Waals surface area contributed by atoms with E-state index < -0.39 is 0 Å². The van der Waals surface area contributed by atoms with Crippen LogP contribution in [0.4, 0.5) is 0 Å². The Balaban J connectivity index is 1.14. The molecule has 0 unspecified atom stereocenters. The molecule has 0 atom stereocenters. The molecule has 0 bridgehead atoms. The summed E-state index contributed by atoms with van der Waals surface area (Å²) in [6, 6.07) is 14.1. The Morgan fingerprint density at radius 3 is 1.09 bits per heavy atom. The number of carbonyl (C=O) groups excluding carboxylic acids is 4. The number of rotatable bonds is 23. The molecular formula is C39H57N4O4+. The van der Waals surface area contributed by atoms with Crippen molar-refractivity contribution < 1.29 is 23.7 Å². The van der Waals surface area contributed by atoms with Crippen LogP contribution < -0.4 is 0 Å². The molecule has 0 aliphatic carbocycles. The van der Waals surface area contributed by atoms with Crippen LogP contribution in [-0.2, 0) is 0 Å². The summed E-state index contributed by atoms with van der Waals surface area (Å²) in [6.45, 7) is 4.97. The fourth-order valence-corrected chi connectivity index (χ4v) is 6.77. The number of fused-ring (bicyclic) bond motifs is 2. The summed E-state index contributed by atoms with van der Waals surface area (Å²) in [5.41, 5.74) is 2.03. The molecule has 2 aromatic rings. The minimum absolute atomic E-state index is 0.185. The van der Waals surface area contributed by atoms with E-state index in [-0.39, 0.29) is 23.6 Å². The van der Waals surface area contributed by atoms with E-state index in [9.17, 15) is 19.2 Å². The molecule has 2 aliphatic heterocycles. The standard InChI is InChI=1S/C39H57N4O4/c1-43(2,3)31-21-11-9-7-5-4-6-8-10-16-26-40(27-17-19-29-41-36(44)32-22-12-13-23-33(32)37(41)45)28-18-20-30-42-38(46)34-24-14-15-25-35(34)39(42)47/h12-15,22-25H,4-11,16-21,26-31H2,1-3H3/q+1. The van der Waals surface area contributed by atoms with E-state index in [0.717, 1.165) is 56.2 Å². The number of hydrogen-bond acceptors (Lipinski definition) is 5. The zero-order valence-corrected chi connectivity index (χ0v) is 29.2. The van der Waals surface area contributed by atoms with E-state index in [1.165, 1.54) is 74.1 Å². The third kappa shape index (κ3) is 10.8. The van der Waals surface area contributed by atoms with Crippen molar-refractivity contribution in [1.29, 1.82) is 0 Å². The Kier molecular flexibility index (Phi) is 14.2. The van der Waals surface area contributed by atoms with Gasteiger partial charge in [0.1, 0.15) is 0 Å². The van der Waals surface area contributed by atoms with Gasteiger partial charge in [-0.1, -0.05) is 69.2 Å². The van der Waals surface area contributed by atoms with Gasteiger partial charge in [0, 0.05) is 13.1 Å². The van der Waals surface area contributed by atoms with Gasteiger partial charge in [0.2, 0.25) is 0 Å². The predicted molar refractivity (Wildman–Crippen MR) is 188 cm³/mol. The number of benzene rings is 2. The van der Waals surface area contributed by atoms with Gasteiger partial charge >= 0.3 is 0 Å².